The van der Waals surface area contributed by atoms with E-state index in [1.54, 1.807) is 0 Å². The fourth-order valence-corrected chi connectivity index (χ4v) is 0.941. The maximum atomic E-state index is 8.39. The molecule has 1 aliphatic rings. The molecule has 0 saturated carbocycles. The summed E-state index contributed by atoms with van der Waals surface area (Å²) in [6, 6.07) is 2.13. The van der Waals surface area contributed by atoms with Crippen LogP contribution in [-0.4, -0.2) is 0 Å². The average Bonchev–Trinajstić information content (AvgIpc) is 2.14. The Bertz CT molecular complexity index is 162. The Morgan fingerprint density at radius 2 is 2.25 bits per heavy atom. The summed E-state index contributed by atoms with van der Waals surface area (Å²) in [4.78, 5) is 0. The second-order valence-corrected chi connectivity index (χ2v) is 2.05. The molecule has 0 bridgehead atoms. The lowest BCUT2D eigenvalue weighted by Gasteiger charge is -1.80. The van der Waals surface area contributed by atoms with E-state index < -0.39 is 0 Å². The highest BCUT2D eigenvalue weighted by molar-refractivity contribution is 5.26. The second-order valence-electron chi connectivity index (χ2n) is 2.05. The van der Waals surface area contributed by atoms with Crippen molar-refractivity contribution in [1.29, 1.82) is 5.26 Å². The third kappa shape index (κ3) is 0.728. The van der Waals surface area contributed by atoms with Crippen molar-refractivity contribution in [2.75, 3.05) is 0 Å². The van der Waals surface area contributed by atoms with Crippen molar-refractivity contribution in [3.8, 4) is 6.07 Å². The minimum absolute atomic E-state index is 0.907. The molecule has 0 radical (unpaired) electrons. The minimum Gasteiger partial charge on any atom is -0.328 e. The van der Waals surface area contributed by atoms with E-state index in [-0.39, 0.29) is 0 Å². The number of quaternary nitrogens is 1. The Kier molecular flexibility index (Phi) is 1.32. The maximum absolute atomic E-state index is 8.39. The van der Waals surface area contributed by atoms with E-state index in [9.17, 15) is 0 Å². The molecule has 8 heavy (non-hydrogen) atoms. The minimum atomic E-state index is 0.907. The van der Waals surface area contributed by atoms with Gasteiger partial charge in [-0.25, -0.2) is 0 Å². The predicted molar refractivity (Wildman–Crippen MR) is 29.4 cm³/mol. The van der Waals surface area contributed by atoms with Gasteiger partial charge in [-0.05, 0) is 12.8 Å². The van der Waals surface area contributed by atoms with Gasteiger partial charge in [-0.2, -0.15) is 5.26 Å². The molecular weight excluding hydrogens is 100 g/mol. The predicted octanol–water partition coefficient (Wildman–Crippen LogP) is 0.190. The van der Waals surface area contributed by atoms with E-state index in [0.717, 1.165) is 30.5 Å². The number of allylic oxidation sites excluding steroid dienone is 2. The van der Waals surface area contributed by atoms with E-state index >= 15 is 0 Å². The van der Waals surface area contributed by atoms with Gasteiger partial charge >= 0.3 is 0 Å². The number of nitrogens with zero attached hydrogens (tertiary/aromatic N) is 1. The summed E-state index contributed by atoms with van der Waals surface area (Å²) in [5, 5.41) is 8.39. The van der Waals surface area contributed by atoms with E-state index in [0.29, 0.717) is 0 Å². The largest absolute Gasteiger partial charge is 0.328 e. The molecule has 0 unspecified atom stereocenters. The van der Waals surface area contributed by atoms with Crippen LogP contribution in [0.5, 0.6) is 0 Å². The lowest BCUT2D eigenvalue weighted by atomic mass is 10.2. The van der Waals surface area contributed by atoms with Crippen LogP contribution >= 0.6 is 0 Å². The fourth-order valence-electron chi connectivity index (χ4n) is 0.941. The van der Waals surface area contributed by atoms with Gasteiger partial charge in [-0.15, -0.1) is 0 Å². The summed E-state index contributed by atoms with van der Waals surface area (Å²) in [6.45, 7) is 0. The van der Waals surface area contributed by atoms with Gasteiger partial charge in [0.25, 0.3) is 0 Å². The van der Waals surface area contributed by atoms with Gasteiger partial charge in [0.2, 0.25) is 0 Å². The molecule has 0 amide bonds. The molecule has 0 saturated heterocycles. The summed E-state index contributed by atoms with van der Waals surface area (Å²) < 4.78 is 0. The van der Waals surface area contributed by atoms with E-state index in [1.165, 1.54) is 0 Å². The molecule has 0 aromatic heterocycles. The average molecular weight is 109 g/mol. The van der Waals surface area contributed by atoms with Crippen LogP contribution in [0.4, 0.5) is 0 Å². The second kappa shape index (κ2) is 1.97. The molecule has 1 aliphatic carbocycles. The summed E-state index contributed by atoms with van der Waals surface area (Å²) in [5.41, 5.74) is 5.70. The van der Waals surface area contributed by atoms with Crippen LogP contribution in [0, 0.1) is 11.3 Å². The van der Waals surface area contributed by atoms with Crippen molar-refractivity contribution < 1.29 is 5.73 Å². The Morgan fingerprint density at radius 1 is 1.50 bits per heavy atom. The fraction of sp³-hybridized carbons (Fsp3) is 0.500. The van der Waals surface area contributed by atoms with Crippen molar-refractivity contribution in [3.05, 3.63) is 11.3 Å². The molecule has 2 heteroatoms. The highest BCUT2D eigenvalue weighted by Gasteiger charge is 2.12. The van der Waals surface area contributed by atoms with E-state index in [4.69, 9.17) is 5.26 Å². The first kappa shape index (κ1) is 5.33. The molecule has 42 valence electrons. The first-order valence-corrected chi connectivity index (χ1v) is 2.78. The van der Waals surface area contributed by atoms with Crippen LogP contribution in [0.2, 0.25) is 0 Å². The molecule has 0 atom stereocenters. The monoisotopic (exact) mass is 109 g/mol. The molecule has 2 nitrogen and oxygen atoms in total. The zero-order chi connectivity index (χ0) is 5.98. The number of hydrogen-bond acceptors (Lipinski definition) is 1. The Balaban J connectivity index is 2.77. The van der Waals surface area contributed by atoms with Gasteiger partial charge in [0.1, 0.15) is 11.8 Å². The third-order valence-electron chi connectivity index (χ3n) is 1.47. The van der Waals surface area contributed by atoms with Crippen LogP contribution in [0.1, 0.15) is 19.3 Å². The maximum Gasteiger partial charge on any atom is 0.118 e. The number of nitriles is 1. The van der Waals surface area contributed by atoms with Crippen molar-refractivity contribution in [2.45, 2.75) is 19.3 Å². The Morgan fingerprint density at radius 3 is 2.50 bits per heavy atom. The summed E-state index contributed by atoms with van der Waals surface area (Å²) in [7, 11) is 0. The van der Waals surface area contributed by atoms with Gasteiger partial charge in [-0.1, -0.05) is 0 Å². The highest BCUT2D eigenvalue weighted by atomic mass is 14.6. The van der Waals surface area contributed by atoms with Crippen LogP contribution in [-0.2, 0) is 0 Å². The molecule has 0 spiro atoms. The lowest BCUT2D eigenvalue weighted by molar-refractivity contribution is -0.306. The molecule has 0 heterocycles. The zero-order valence-corrected chi connectivity index (χ0v) is 4.78. The molecular formula is C6H9N2+. The normalized spacial score (nSPS) is 19.0. The van der Waals surface area contributed by atoms with Crippen LogP contribution in [0.15, 0.2) is 11.3 Å². The first-order valence-electron chi connectivity index (χ1n) is 2.78. The topological polar surface area (TPSA) is 51.4 Å². The Hall–Kier alpha value is -0.810. The SMILES string of the molecule is N#CC1=C([NH3+])CCC1. The van der Waals surface area contributed by atoms with Gasteiger partial charge in [0.05, 0.1) is 5.57 Å². The Labute approximate surface area is 48.6 Å². The standard InChI is InChI=1S/C6H8N2/c7-4-5-2-1-3-6(5)8/h1-3,8H2/p+1. The number of hydrogen-bond donors (Lipinski definition) is 1. The molecule has 3 N–H and O–H groups in total. The van der Waals surface area contributed by atoms with Crippen LogP contribution in [0.3, 0.4) is 0 Å². The summed E-state index contributed by atoms with van der Waals surface area (Å²) >= 11 is 0. The van der Waals surface area contributed by atoms with Crippen molar-refractivity contribution in [3.63, 3.8) is 0 Å². The molecule has 0 aromatic rings. The number of rotatable bonds is 0. The van der Waals surface area contributed by atoms with Gasteiger partial charge in [0.15, 0.2) is 0 Å². The zero-order valence-electron chi connectivity index (χ0n) is 4.78. The molecule has 1 rings (SSSR count). The van der Waals surface area contributed by atoms with Gasteiger partial charge in [-0.3, -0.25) is 0 Å². The molecule has 0 fully saturated rings. The highest BCUT2D eigenvalue weighted by Crippen LogP contribution is 2.19. The summed E-state index contributed by atoms with van der Waals surface area (Å²) in [6.07, 6.45) is 3.11. The first-order chi connectivity index (χ1) is 3.84. The molecule has 0 aliphatic heterocycles. The summed E-state index contributed by atoms with van der Waals surface area (Å²) in [5.74, 6) is 0. The van der Waals surface area contributed by atoms with Crippen LogP contribution in [0.25, 0.3) is 0 Å². The van der Waals surface area contributed by atoms with Crippen molar-refractivity contribution in [1.82, 2.24) is 0 Å². The lowest BCUT2D eigenvalue weighted by Crippen LogP contribution is -2.47. The third-order valence-corrected chi connectivity index (χ3v) is 1.47. The van der Waals surface area contributed by atoms with Gasteiger partial charge in [0, 0.05) is 6.42 Å². The van der Waals surface area contributed by atoms with Crippen molar-refractivity contribution >= 4 is 0 Å². The quantitative estimate of drug-likeness (QED) is 0.474. The molecule has 0 aromatic carbocycles. The van der Waals surface area contributed by atoms with E-state index in [1.807, 2.05) is 0 Å². The van der Waals surface area contributed by atoms with Crippen molar-refractivity contribution in [2.24, 2.45) is 0 Å². The smallest absolute Gasteiger partial charge is 0.118 e. The van der Waals surface area contributed by atoms with Crippen LogP contribution < -0.4 is 5.73 Å². The van der Waals surface area contributed by atoms with E-state index in [2.05, 4.69) is 11.8 Å². The van der Waals surface area contributed by atoms with Gasteiger partial charge < -0.3 is 5.73 Å².